The second-order valence-electron chi connectivity index (χ2n) is 9.98. The van der Waals surface area contributed by atoms with Crippen LogP contribution < -0.4 is 0 Å². The Bertz CT molecular complexity index is 515. The smallest absolute Gasteiger partial charge is 0.229 e. The van der Waals surface area contributed by atoms with E-state index in [0.29, 0.717) is 12.3 Å². The molecule has 2 amide bonds. The first kappa shape index (κ1) is 18.3. The van der Waals surface area contributed by atoms with Crippen LogP contribution in [0.2, 0.25) is 0 Å². The van der Waals surface area contributed by atoms with Crippen LogP contribution in [0, 0.1) is 23.2 Å². The van der Waals surface area contributed by atoms with Gasteiger partial charge in [0.15, 0.2) is 0 Å². The molecule has 0 radical (unpaired) electrons. The molecule has 0 aromatic carbocycles. The van der Waals surface area contributed by atoms with Gasteiger partial charge in [0.1, 0.15) is 0 Å². The van der Waals surface area contributed by atoms with Gasteiger partial charge in [-0.1, -0.05) is 0 Å². The number of rotatable bonds is 6. The molecule has 5 aliphatic rings. The molecule has 0 spiro atoms. The van der Waals surface area contributed by atoms with E-state index in [4.69, 9.17) is 0 Å². The zero-order chi connectivity index (χ0) is 18.3. The van der Waals surface area contributed by atoms with Crippen molar-refractivity contribution in [3.63, 3.8) is 0 Å². The van der Waals surface area contributed by atoms with Crippen LogP contribution in [-0.2, 0) is 9.59 Å². The minimum absolute atomic E-state index is 0.0576. The molecule has 4 aliphatic carbocycles. The van der Waals surface area contributed by atoms with Gasteiger partial charge in [-0.05, 0) is 89.4 Å². The quantitative estimate of drug-likeness (QED) is 0.722. The van der Waals surface area contributed by atoms with Gasteiger partial charge in [-0.3, -0.25) is 9.59 Å². The third kappa shape index (κ3) is 3.41. The molecule has 0 unspecified atom stereocenters. The van der Waals surface area contributed by atoms with Crippen molar-refractivity contribution in [3.05, 3.63) is 0 Å². The first-order valence-electron chi connectivity index (χ1n) is 11.1. The van der Waals surface area contributed by atoms with Crippen LogP contribution in [0.3, 0.4) is 0 Å². The lowest BCUT2D eigenvalue weighted by atomic mass is 9.49. The SMILES string of the molecule is CC(C)N(CCCC(=O)N1CCCC1)C(=O)C12CC3CC(CC(C3)C1)C2. The molecule has 4 saturated carbocycles. The minimum atomic E-state index is -0.0576. The fourth-order valence-corrected chi connectivity index (χ4v) is 6.80. The van der Waals surface area contributed by atoms with E-state index in [1.807, 2.05) is 4.90 Å². The molecule has 5 fully saturated rings. The molecule has 4 nitrogen and oxygen atoms in total. The predicted octanol–water partition coefficient (Wildman–Crippen LogP) is 3.84. The monoisotopic (exact) mass is 360 g/mol. The van der Waals surface area contributed by atoms with Crippen LogP contribution in [0.15, 0.2) is 0 Å². The highest BCUT2D eigenvalue weighted by atomic mass is 16.2. The van der Waals surface area contributed by atoms with Crippen molar-refractivity contribution >= 4 is 11.8 Å². The highest BCUT2D eigenvalue weighted by molar-refractivity contribution is 5.83. The molecule has 26 heavy (non-hydrogen) atoms. The van der Waals surface area contributed by atoms with Gasteiger partial charge in [0.05, 0.1) is 5.41 Å². The molecule has 146 valence electrons. The van der Waals surface area contributed by atoms with E-state index in [1.54, 1.807) is 0 Å². The maximum Gasteiger partial charge on any atom is 0.229 e. The zero-order valence-corrected chi connectivity index (χ0v) is 16.7. The number of hydrogen-bond acceptors (Lipinski definition) is 2. The predicted molar refractivity (Wildman–Crippen MR) is 103 cm³/mol. The summed E-state index contributed by atoms with van der Waals surface area (Å²) in [6.07, 6.45) is 11.2. The van der Waals surface area contributed by atoms with E-state index >= 15 is 0 Å². The Morgan fingerprint density at radius 3 is 2.04 bits per heavy atom. The molecule has 1 heterocycles. The summed E-state index contributed by atoms with van der Waals surface area (Å²) in [5, 5.41) is 0. The van der Waals surface area contributed by atoms with Gasteiger partial charge in [0, 0.05) is 32.1 Å². The van der Waals surface area contributed by atoms with Crippen molar-refractivity contribution in [1.82, 2.24) is 9.80 Å². The number of likely N-dealkylation sites (tertiary alicyclic amines) is 1. The molecule has 5 rings (SSSR count). The van der Waals surface area contributed by atoms with Crippen LogP contribution in [0.4, 0.5) is 0 Å². The Labute approximate surface area is 158 Å². The third-order valence-corrected chi connectivity index (χ3v) is 7.62. The van der Waals surface area contributed by atoms with Gasteiger partial charge in [0.2, 0.25) is 11.8 Å². The lowest BCUT2D eigenvalue weighted by Crippen LogP contribution is -2.56. The molecular formula is C22H36N2O2. The summed E-state index contributed by atoms with van der Waals surface area (Å²) >= 11 is 0. The molecule has 0 atom stereocenters. The molecule has 1 aliphatic heterocycles. The maximum absolute atomic E-state index is 13.6. The van der Waals surface area contributed by atoms with Crippen molar-refractivity contribution in [2.75, 3.05) is 19.6 Å². The Balaban J connectivity index is 1.37. The molecular weight excluding hydrogens is 324 g/mol. The van der Waals surface area contributed by atoms with Crippen molar-refractivity contribution in [2.24, 2.45) is 23.2 Å². The summed E-state index contributed by atoms with van der Waals surface area (Å²) in [6.45, 7) is 6.89. The zero-order valence-electron chi connectivity index (χ0n) is 16.7. The molecule has 0 aromatic heterocycles. The topological polar surface area (TPSA) is 40.6 Å². The van der Waals surface area contributed by atoms with E-state index in [9.17, 15) is 9.59 Å². The highest BCUT2D eigenvalue weighted by Crippen LogP contribution is 2.60. The summed E-state index contributed by atoms with van der Waals surface area (Å²) in [7, 11) is 0. The van der Waals surface area contributed by atoms with Crippen LogP contribution in [0.25, 0.3) is 0 Å². The summed E-state index contributed by atoms with van der Waals surface area (Å²) in [6, 6.07) is 0.234. The van der Waals surface area contributed by atoms with Gasteiger partial charge < -0.3 is 9.80 Å². The summed E-state index contributed by atoms with van der Waals surface area (Å²) in [5.41, 5.74) is -0.0576. The van der Waals surface area contributed by atoms with Crippen molar-refractivity contribution < 1.29 is 9.59 Å². The molecule has 0 N–H and O–H groups in total. The van der Waals surface area contributed by atoms with Crippen molar-refractivity contribution in [2.45, 2.75) is 84.1 Å². The molecule has 4 heteroatoms. The first-order valence-corrected chi connectivity index (χ1v) is 11.1. The van der Waals surface area contributed by atoms with Crippen LogP contribution >= 0.6 is 0 Å². The molecule has 1 saturated heterocycles. The maximum atomic E-state index is 13.6. The Hall–Kier alpha value is -1.06. The summed E-state index contributed by atoms with van der Waals surface area (Å²) in [5.74, 6) is 3.11. The number of hydrogen-bond donors (Lipinski definition) is 0. The van der Waals surface area contributed by atoms with Gasteiger partial charge >= 0.3 is 0 Å². The van der Waals surface area contributed by atoms with Crippen LogP contribution in [0.1, 0.15) is 78.1 Å². The van der Waals surface area contributed by atoms with Crippen LogP contribution in [0.5, 0.6) is 0 Å². The van der Waals surface area contributed by atoms with Gasteiger partial charge in [-0.2, -0.15) is 0 Å². The number of carbonyl (C=O) groups is 2. The van der Waals surface area contributed by atoms with E-state index in [-0.39, 0.29) is 17.4 Å². The fourth-order valence-electron chi connectivity index (χ4n) is 6.80. The average Bonchev–Trinajstić information content (AvgIpc) is 3.11. The van der Waals surface area contributed by atoms with Crippen molar-refractivity contribution in [3.8, 4) is 0 Å². The lowest BCUT2D eigenvalue weighted by Gasteiger charge is -2.57. The summed E-state index contributed by atoms with van der Waals surface area (Å²) in [4.78, 5) is 30.0. The number of carbonyl (C=O) groups excluding carboxylic acids is 2. The molecule has 4 bridgehead atoms. The third-order valence-electron chi connectivity index (χ3n) is 7.62. The number of amides is 2. The van der Waals surface area contributed by atoms with Crippen LogP contribution in [-0.4, -0.2) is 47.3 Å². The van der Waals surface area contributed by atoms with E-state index in [1.165, 1.54) is 19.3 Å². The average molecular weight is 361 g/mol. The first-order chi connectivity index (χ1) is 12.5. The minimum Gasteiger partial charge on any atom is -0.343 e. The second-order valence-corrected chi connectivity index (χ2v) is 9.98. The Morgan fingerprint density at radius 1 is 1.00 bits per heavy atom. The van der Waals surface area contributed by atoms with Gasteiger partial charge in [-0.25, -0.2) is 0 Å². The number of nitrogens with zero attached hydrogens (tertiary/aromatic N) is 2. The van der Waals surface area contributed by atoms with Crippen molar-refractivity contribution in [1.29, 1.82) is 0 Å². The highest BCUT2D eigenvalue weighted by Gasteiger charge is 2.55. The summed E-state index contributed by atoms with van der Waals surface area (Å²) < 4.78 is 0. The molecule has 0 aromatic rings. The van der Waals surface area contributed by atoms with Gasteiger partial charge in [-0.15, -0.1) is 0 Å². The largest absolute Gasteiger partial charge is 0.343 e. The fraction of sp³-hybridized carbons (Fsp3) is 0.909. The standard InChI is InChI=1S/C22H36N2O2/c1-16(2)24(9-5-6-20(25)23-7-3-4-8-23)21(26)22-13-17-10-18(14-22)12-19(11-17)15-22/h16-19H,3-15H2,1-2H3. The van der Waals surface area contributed by atoms with Gasteiger partial charge in [0.25, 0.3) is 0 Å². The normalized spacial score (nSPS) is 35.3. The second kappa shape index (κ2) is 7.16. The van der Waals surface area contributed by atoms with E-state index in [0.717, 1.165) is 75.9 Å². The lowest BCUT2D eigenvalue weighted by molar-refractivity contribution is -0.159. The van der Waals surface area contributed by atoms with E-state index < -0.39 is 0 Å². The Morgan fingerprint density at radius 2 is 1.54 bits per heavy atom. The van der Waals surface area contributed by atoms with E-state index in [2.05, 4.69) is 18.7 Å². The Kier molecular flexibility index (Phi) is 5.04.